The van der Waals surface area contributed by atoms with Gasteiger partial charge in [0, 0.05) is 0 Å². The van der Waals surface area contributed by atoms with Crippen molar-refractivity contribution in [1.82, 2.24) is 0 Å². The van der Waals surface area contributed by atoms with Crippen molar-refractivity contribution in [3.05, 3.63) is 0 Å². The summed E-state index contributed by atoms with van der Waals surface area (Å²) in [6.45, 7) is 13.8. The van der Waals surface area contributed by atoms with E-state index in [1.165, 1.54) is 38.5 Å². The number of aliphatic imine (C=N–C) groups is 2. The van der Waals surface area contributed by atoms with Gasteiger partial charge in [-0.05, 0) is 62.2 Å². The molecular formula is C25H42N2O2. The van der Waals surface area contributed by atoms with Crippen molar-refractivity contribution in [2.24, 2.45) is 20.8 Å². The second kappa shape index (κ2) is 7.27. The summed E-state index contributed by atoms with van der Waals surface area (Å²) in [5.41, 5.74) is 0.0137. The van der Waals surface area contributed by atoms with Gasteiger partial charge in [-0.2, -0.15) is 0 Å². The third-order valence-electron chi connectivity index (χ3n) is 7.53. The first-order valence-corrected chi connectivity index (χ1v) is 12.1. The van der Waals surface area contributed by atoms with Crippen LogP contribution in [0.2, 0.25) is 0 Å². The van der Waals surface area contributed by atoms with Crippen molar-refractivity contribution in [1.29, 1.82) is 0 Å². The van der Waals surface area contributed by atoms with Gasteiger partial charge in [0.2, 0.25) is 0 Å². The predicted molar refractivity (Wildman–Crippen MR) is 120 cm³/mol. The van der Waals surface area contributed by atoms with Gasteiger partial charge >= 0.3 is 0 Å². The van der Waals surface area contributed by atoms with Gasteiger partial charge in [0.1, 0.15) is 11.2 Å². The summed E-state index contributed by atoms with van der Waals surface area (Å²) in [4.78, 5) is 10.3. The summed E-state index contributed by atoms with van der Waals surface area (Å²) < 4.78 is 13.4. The van der Waals surface area contributed by atoms with Crippen LogP contribution >= 0.6 is 0 Å². The first-order valence-electron chi connectivity index (χ1n) is 12.1. The molecule has 2 heterocycles. The standard InChI is InChI=1S/C25H42N2O2/c1-22(2,3)20-24(13-9-7-10-14-24)28-18(26-20)17-19-27-21(23(4,5)6)25(29-19)15-11-8-12-16-25/h20-21H,7-17H2,1-6H3/t20-,21-/m0/s1. The Labute approximate surface area is 177 Å². The number of hydrogen-bond donors (Lipinski definition) is 0. The summed E-state index contributed by atoms with van der Waals surface area (Å²) in [6, 6.07) is 0.462. The highest BCUT2D eigenvalue weighted by atomic mass is 16.5. The first kappa shape index (κ1) is 21.2. The van der Waals surface area contributed by atoms with Gasteiger partial charge in [0.05, 0.1) is 18.5 Å². The number of nitrogens with zero attached hydrogens (tertiary/aromatic N) is 2. The fourth-order valence-corrected chi connectivity index (χ4v) is 6.47. The molecule has 0 aromatic heterocycles. The molecule has 0 unspecified atom stereocenters. The van der Waals surface area contributed by atoms with Crippen molar-refractivity contribution in [3.8, 4) is 0 Å². The second-order valence-electron chi connectivity index (χ2n) is 12.2. The van der Waals surface area contributed by atoms with E-state index in [1.807, 2.05) is 0 Å². The highest BCUT2D eigenvalue weighted by Gasteiger charge is 2.54. The Morgan fingerprint density at radius 1 is 0.655 bits per heavy atom. The number of hydrogen-bond acceptors (Lipinski definition) is 4. The lowest BCUT2D eigenvalue weighted by atomic mass is 9.70. The minimum Gasteiger partial charge on any atom is -0.472 e. The van der Waals surface area contributed by atoms with E-state index >= 15 is 0 Å². The van der Waals surface area contributed by atoms with Crippen LogP contribution in [-0.4, -0.2) is 35.1 Å². The lowest BCUT2D eigenvalue weighted by Gasteiger charge is -2.42. The second-order valence-corrected chi connectivity index (χ2v) is 12.2. The molecular weight excluding hydrogens is 360 g/mol. The molecule has 164 valence electrons. The molecule has 2 spiro atoms. The van der Waals surface area contributed by atoms with E-state index in [-0.39, 0.29) is 34.1 Å². The maximum atomic E-state index is 6.68. The summed E-state index contributed by atoms with van der Waals surface area (Å²) >= 11 is 0. The third kappa shape index (κ3) is 3.97. The van der Waals surface area contributed by atoms with Crippen molar-refractivity contribution in [2.45, 2.75) is 135 Å². The number of rotatable bonds is 2. The van der Waals surface area contributed by atoms with Crippen LogP contribution < -0.4 is 0 Å². The molecule has 0 bridgehead atoms. The molecule has 4 nitrogen and oxygen atoms in total. The summed E-state index contributed by atoms with van der Waals surface area (Å²) in [5.74, 6) is 1.73. The van der Waals surface area contributed by atoms with Gasteiger partial charge < -0.3 is 9.47 Å². The van der Waals surface area contributed by atoms with Crippen LogP contribution in [0.15, 0.2) is 9.98 Å². The van der Waals surface area contributed by atoms with Crippen LogP contribution in [0, 0.1) is 10.8 Å². The molecule has 4 rings (SSSR count). The summed E-state index contributed by atoms with van der Waals surface area (Å²) in [5, 5.41) is 0. The van der Waals surface area contributed by atoms with E-state index in [9.17, 15) is 0 Å². The van der Waals surface area contributed by atoms with Crippen molar-refractivity contribution < 1.29 is 9.47 Å². The Morgan fingerprint density at radius 3 is 1.31 bits per heavy atom. The van der Waals surface area contributed by atoms with E-state index in [1.54, 1.807) is 0 Å². The lowest BCUT2D eigenvalue weighted by Crippen LogP contribution is -2.48. The smallest absolute Gasteiger partial charge is 0.193 e. The van der Waals surface area contributed by atoms with Crippen LogP contribution in [0.3, 0.4) is 0 Å². The van der Waals surface area contributed by atoms with E-state index < -0.39 is 0 Å². The minimum atomic E-state index is -0.100. The summed E-state index contributed by atoms with van der Waals surface area (Å²) in [7, 11) is 0. The average Bonchev–Trinajstić information content (AvgIpc) is 3.15. The topological polar surface area (TPSA) is 43.2 Å². The molecule has 0 radical (unpaired) electrons. The van der Waals surface area contributed by atoms with E-state index in [2.05, 4.69) is 41.5 Å². The molecule has 4 aliphatic rings. The van der Waals surface area contributed by atoms with Crippen LogP contribution in [0.4, 0.5) is 0 Å². The average molecular weight is 403 g/mol. The van der Waals surface area contributed by atoms with Gasteiger partial charge in [0.25, 0.3) is 0 Å². The van der Waals surface area contributed by atoms with Gasteiger partial charge in [-0.1, -0.05) is 54.4 Å². The highest BCUT2D eigenvalue weighted by Crippen LogP contribution is 2.49. The zero-order chi connectivity index (χ0) is 20.9. The molecule has 0 aromatic rings. The maximum absolute atomic E-state index is 6.68. The van der Waals surface area contributed by atoms with E-state index in [0.717, 1.165) is 37.5 Å². The number of ether oxygens (including phenoxy) is 2. The van der Waals surface area contributed by atoms with Gasteiger partial charge in [-0.25, -0.2) is 9.98 Å². The largest absolute Gasteiger partial charge is 0.472 e. The van der Waals surface area contributed by atoms with Crippen LogP contribution in [0.1, 0.15) is 112 Å². The Bertz CT molecular complexity index is 610. The normalized spacial score (nSPS) is 31.4. The Kier molecular flexibility index (Phi) is 5.31. The molecule has 2 aliphatic carbocycles. The van der Waals surface area contributed by atoms with Crippen LogP contribution in [-0.2, 0) is 9.47 Å². The fourth-order valence-electron chi connectivity index (χ4n) is 6.47. The Hall–Kier alpha value is -1.06. The highest BCUT2D eigenvalue weighted by molar-refractivity contribution is 5.99. The van der Waals surface area contributed by atoms with Crippen LogP contribution in [0.5, 0.6) is 0 Å². The van der Waals surface area contributed by atoms with Gasteiger partial charge in [-0.3, -0.25) is 0 Å². The fraction of sp³-hybridized carbons (Fsp3) is 0.920. The summed E-state index contributed by atoms with van der Waals surface area (Å²) in [6.07, 6.45) is 12.8. The third-order valence-corrected chi connectivity index (χ3v) is 7.53. The molecule has 0 saturated heterocycles. The Morgan fingerprint density at radius 2 is 1.00 bits per heavy atom. The Balaban J connectivity index is 1.55. The van der Waals surface area contributed by atoms with Gasteiger partial charge in [0.15, 0.2) is 11.8 Å². The predicted octanol–water partition coefficient (Wildman–Crippen LogP) is 6.47. The molecule has 4 heteroatoms. The zero-order valence-electron chi connectivity index (χ0n) is 19.6. The first-order chi connectivity index (χ1) is 13.5. The molecule has 0 N–H and O–H groups in total. The molecule has 0 aromatic carbocycles. The molecule has 2 saturated carbocycles. The molecule has 29 heavy (non-hydrogen) atoms. The monoisotopic (exact) mass is 402 g/mol. The molecule has 0 amide bonds. The van der Waals surface area contributed by atoms with Crippen molar-refractivity contribution in [2.75, 3.05) is 0 Å². The zero-order valence-corrected chi connectivity index (χ0v) is 19.6. The lowest BCUT2D eigenvalue weighted by molar-refractivity contribution is -0.0168. The maximum Gasteiger partial charge on any atom is 0.193 e. The van der Waals surface area contributed by atoms with Crippen molar-refractivity contribution in [3.63, 3.8) is 0 Å². The van der Waals surface area contributed by atoms with E-state index in [0.29, 0.717) is 6.42 Å². The van der Waals surface area contributed by atoms with Crippen LogP contribution in [0.25, 0.3) is 0 Å². The van der Waals surface area contributed by atoms with Gasteiger partial charge in [-0.15, -0.1) is 0 Å². The SMILES string of the molecule is CC(C)(C)[C@@H]1N=C(CC2=N[C@@H](C(C)(C)C)C3(CCCCC3)O2)OC12CCCCC2. The van der Waals surface area contributed by atoms with Crippen molar-refractivity contribution >= 4 is 11.8 Å². The molecule has 2 fully saturated rings. The quantitative estimate of drug-likeness (QED) is 0.531. The molecule has 2 atom stereocenters. The molecule has 2 aliphatic heterocycles. The van der Waals surface area contributed by atoms with E-state index in [4.69, 9.17) is 19.5 Å². The minimum absolute atomic E-state index is 0.100.